The van der Waals surface area contributed by atoms with Gasteiger partial charge in [0.15, 0.2) is 0 Å². The Balaban J connectivity index is 2.19. The standard InChI is InChI=1S/C17H24ClN5/c1-11-8-12(2)17(14(18)9-11)22-16-10-15(20-13(3)21-16)19-6-7-23(4)5/h8-10H,6-7H2,1-5H3,(H2,19,20,21,22). The number of anilines is 3. The van der Waals surface area contributed by atoms with Gasteiger partial charge < -0.3 is 15.5 Å². The van der Waals surface area contributed by atoms with Gasteiger partial charge in [0.25, 0.3) is 0 Å². The zero-order chi connectivity index (χ0) is 17.0. The second-order valence-corrected chi connectivity index (χ2v) is 6.39. The summed E-state index contributed by atoms with van der Waals surface area (Å²) in [6.07, 6.45) is 0. The predicted molar refractivity (Wildman–Crippen MR) is 98.0 cm³/mol. The predicted octanol–water partition coefficient (Wildman–Crippen LogP) is 3.77. The number of rotatable bonds is 6. The van der Waals surface area contributed by atoms with Crippen LogP contribution in [-0.4, -0.2) is 42.1 Å². The average Bonchev–Trinajstić information content (AvgIpc) is 2.42. The van der Waals surface area contributed by atoms with Gasteiger partial charge in [-0.15, -0.1) is 0 Å². The van der Waals surface area contributed by atoms with Gasteiger partial charge in [-0.3, -0.25) is 0 Å². The first-order valence-electron chi connectivity index (χ1n) is 7.63. The fourth-order valence-electron chi connectivity index (χ4n) is 2.33. The van der Waals surface area contributed by atoms with E-state index in [0.29, 0.717) is 10.8 Å². The van der Waals surface area contributed by atoms with Crippen molar-refractivity contribution in [3.63, 3.8) is 0 Å². The zero-order valence-corrected chi connectivity index (χ0v) is 15.1. The Morgan fingerprint density at radius 2 is 1.74 bits per heavy atom. The van der Waals surface area contributed by atoms with Crippen molar-refractivity contribution in [2.45, 2.75) is 20.8 Å². The van der Waals surface area contributed by atoms with Crippen molar-refractivity contribution >= 4 is 28.9 Å². The molecule has 0 aliphatic heterocycles. The lowest BCUT2D eigenvalue weighted by Gasteiger charge is -2.14. The van der Waals surface area contributed by atoms with Crippen LogP contribution in [0.2, 0.25) is 5.02 Å². The molecule has 2 rings (SSSR count). The van der Waals surface area contributed by atoms with Crippen molar-refractivity contribution in [2.75, 3.05) is 37.8 Å². The maximum absolute atomic E-state index is 6.36. The Bertz CT molecular complexity index is 662. The highest BCUT2D eigenvalue weighted by atomic mass is 35.5. The molecule has 5 nitrogen and oxygen atoms in total. The van der Waals surface area contributed by atoms with Crippen molar-refractivity contribution in [3.8, 4) is 0 Å². The van der Waals surface area contributed by atoms with E-state index in [2.05, 4.69) is 31.6 Å². The van der Waals surface area contributed by atoms with Gasteiger partial charge >= 0.3 is 0 Å². The Hall–Kier alpha value is -1.85. The largest absolute Gasteiger partial charge is 0.369 e. The van der Waals surface area contributed by atoms with Crippen molar-refractivity contribution in [2.24, 2.45) is 0 Å². The third-order valence-electron chi connectivity index (χ3n) is 3.39. The third-order valence-corrected chi connectivity index (χ3v) is 3.69. The topological polar surface area (TPSA) is 53.1 Å². The molecule has 0 spiro atoms. The maximum Gasteiger partial charge on any atom is 0.136 e. The van der Waals surface area contributed by atoms with Crippen LogP contribution in [0.1, 0.15) is 17.0 Å². The number of benzene rings is 1. The van der Waals surface area contributed by atoms with Gasteiger partial charge in [0.1, 0.15) is 17.5 Å². The van der Waals surface area contributed by atoms with E-state index in [1.54, 1.807) is 0 Å². The van der Waals surface area contributed by atoms with Crippen LogP contribution in [0.25, 0.3) is 0 Å². The smallest absolute Gasteiger partial charge is 0.136 e. The summed E-state index contributed by atoms with van der Waals surface area (Å²) in [5.41, 5.74) is 3.12. The molecular weight excluding hydrogens is 310 g/mol. The summed E-state index contributed by atoms with van der Waals surface area (Å²) in [5.74, 6) is 2.25. The molecular formula is C17H24ClN5. The number of aryl methyl sites for hydroxylation is 3. The summed E-state index contributed by atoms with van der Waals surface area (Å²) in [6, 6.07) is 5.94. The van der Waals surface area contributed by atoms with Gasteiger partial charge in [-0.25, -0.2) is 9.97 Å². The van der Waals surface area contributed by atoms with E-state index < -0.39 is 0 Å². The number of halogens is 1. The lowest BCUT2D eigenvalue weighted by Crippen LogP contribution is -2.21. The van der Waals surface area contributed by atoms with Crippen LogP contribution in [0.3, 0.4) is 0 Å². The van der Waals surface area contributed by atoms with Crippen LogP contribution in [0.4, 0.5) is 17.3 Å². The van der Waals surface area contributed by atoms with Crippen molar-refractivity contribution < 1.29 is 0 Å². The average molecular weight is 334 g/mol. The summed E-state index contributed by atoms with van der Waals surface area (Å²) < 4.78 is 0. The second-order valence-electron chi connectivity index (χ2n) is 5.98. The minimum atomic E-state index is 0.695. The number of hydrogen-bond donors (Lipinski definition) is 2. The van der Waals surface area contributed by atoms with E-state index in [1.807, 2.05) is 47.0 Å². The lowest BCUT2D eigenvalue weighted by atomic mass is 10.1. The van der Waals surface area contributed by atoms with Crippen molar-refractivity contribution in [1.29, 1.82) is 0 Å². The maximum atomic E-state index is 6.36. The first-order chi connectivity index (χ1) is 10.8. The van der Waals surface area contributed by atoms with Crippen molar-refractivity contribution in [3.05, 3.63) is 40.2 Å². The highest BCUT2D eigenvalue weighted by Gasteiger charge is 2.08. The van der Waals surface area contributed by atoms with E-state index in [1.165, 1.54) is 0 Å². The Labute approximate surface area is 143 Å². The molecule has 0 amide bonds. The van der Waals surface area contributed by atoms with Crippen LogP contribution >= 0.6 is 11.6 Å². The SMILES string of the molecule is Cc1cc(C)c(Nc2cc(NCCN(C)C)nc(C)n2)c(Cl)c1. The molecule has 0 fully saturated rings. The molecule has 2 N–H and O–H groups in total. The van der Waals surface area contributed by atoms with E-state index in [9.17, 15) is 0 Å². The fourth-order valence-corrected chi connectivity index (χ4v) is 2.70. The Morgan fingerprint density at radius 3 is 2.39 bits per heavy atom. The van der Waals surface area contributed by atoms with E-state index in [4.69, 9.17) is 11.6 Å². The molecule has 0 unspecified atom stereocenters. The highest BCUT2D eigenvalue weighted by molar-refractivity contribution is 6.33. The molecule has 124 valence electrons. The Kier molecular flexibility index (Phi) is 5.80. The molecule has 0 aliphatic rings. The first-order valence-corrected chi connectivity index (χ1v) is 8.01. The quantitative estimate of drug-likeness (QED) is 0.842. The summed E-state index contributed by atoms with van der Waals surface area (Å²) in [6.45, 7) is 7.71. The summed E-state index contributed by atoms with van der Waals surface area (Å²) in [4.78, 5) is 11.0. The third kappa shape index (κ3) is 5.08. The molecule has 0 bridgehead atoms. The van der Waals surface area contributed by atoms with Gasteiger partial charge in [-0.1, -0.05) is 17.7 Å². The van der Waals surface area contributed by atoms with Crippen LogP contribution in [-0.2, 0) is 0 Å². The lowest BCUT2D eigenvalue weighted by molar-refractivity contribution is 0.425. The summed E-state index contributed by atoms with van der Waals surface area (Å²) >= 11 is 6.36. The molecule has 23 heavy (non-hydrogen) atoms. The van der Waals surface area contributed by atoms with Gasteiger partial charge in [-0.2, -0.15) is 0 Å². The van der Waals surface area contributed by atoms with Gasteiger partial charge in [-0.05, 0) is 52.1 Å². The number of hydrogen-bond acceptors (Lipinski definition) is 5. The molecule has 0 saturated carbocycles. The van der Waals surface area contributed by atoms with Crippen LogP contribution in [0.5, 0.6) is 0 Å². The highest BCUT2D eigenvalue weighted by Crippen LogP contribution is 2.30. The monoisotopic (exact) mass is 333 g/mol. The zero-order valence-electron chi connectivity index (χ0n) is 14.4. The van der Waals surface area contributed by atoms with Gasteiger partial charge in [0, 0.05) is 19.2 Å². The first kappa shape index (κ1) is 17.5. The number of nitrogens with zero attached hydrogens (tertiary/aromatic N) is 3. The molecule has 1 heterocycles. The number of likely N-dealkylation sites (N-methyl/N-ethyl adjacent to an activating group) is 1. The molecule has 0 radical (unpaired) electrons. The number of aromatic nitrogens is 2. The molecule has 0 saturated heterocycles. The van der Waals surface area contributed by atoms with Crippen LogP contribution in [0, 0.1) is 20.8 Å². The normalized spacial score (nSPS) is 10.9. The van der Waals surface area contributed by atoms with E-state index >= 15 is 0 Å². The minimum Gasteiger partial charge on any atom is -0.369 e. The van der Waals surface area contributed by atoms with E-state index in [0.717, 1.165) is 41.5 Å². The summed E-state index contributed by atoms with van der Waals surface area (Å²) in [5, 5.41) is 7.33. The molecule has 1 aromatic heterocycles. The Morgan fingerprint density at radius 1 is 1.04 bits per heavy atom. The molecule has 1 aromatic carbocycles. The summed E-state index contributed by atoms with van der Waals surface area (Å²) in [7, 11) is 4.09. The van der Waals surface area contributed by atoms with Gasteiger partial charge in [0.2, 0.25) is 0 Å². The fraction of sp³-hybridized carbons (Fsp3) is 0.412. The van der Waals surface area contributed by atoms with Crippen LogP contribution in [0.15, 0.2) is 18.2 Å². The van der Waals surface area contributed by atoms with Gasteiger partial charge in [0.05, 0.1) is 10.7 Å². The molecule has 6 heteroatoms. The number of nitrogens with one attached hydrogen (secondary N) is 2. The molecule has 0 atom stereocenters. The molecule has 2 aromatic rings. The minimum absolute atomic E-state index is 0.695. The van der Waals surface area contributed by atoms with Crippen LogP contribution < -0.4 is 10.6 Å². The van der Waals surface area contributed by atoms with E-state index in [-0.39, 0.29) is 0 Å². The molecule has 0 aliphatic carbocycles. The van der Waals surface area contributed by atoms with Crippen molar-refractivity contribution in [1.82, 2.24) is 14.9 Å². The second kappa shape index (κ2) is 7.62.